The van der Waals surface area contributed by atoms with Gasteiger partial charge in [0.2, 0.25) is 10.0 Å². The molecule has 0 saturated heterocycles. The third-order valence-corrected chi connectivity index (χ3v) is 4.09. The molecule has 3 N–H and O–H groups in total. The van der Waals surface area contributed by atoms with Gasteiger partial charge in [0.05, 0.1) is 17.6 Å². The van der Waals surface area contributed by atoms with E-state index < -0.39 is 10.0 Å². The molecule has 0 fully saturated rings. The second-order valence-electron chi connectivity index (χ2n) is 3.77. The van der Waals surface area contributed by atoms with E-state index in [0.29, 0.717) is 17.0 Å². The van der Waals surface area contributed by atoms with Crippen LogP contribution in [0.3, 0.4) is 0 Å². The van der Waals surface area contributed by atoms with E-state index in [1.54, 1.807) is 25.1 Å². The number of hydrogen-bond acceptors (Lipinski definition) is 5. The fraction of sp³-hybridized carbons (Fsp3) is 0.182. The highest BCUT2D eigenvalue weighted by molar-refractivity contribution is 7.89. The average Bonchev–Trinajstić information content (AvgIpc) is 2.83. The first kappa shape index (κ1) is 12.6. The molecule has 0 spiro atoms. The summed E-state index contributed by atoms with van der Waals surface area (Å²) < 4.78 is 31.4. The van der Waals surface area contributed by atoms with Crippen LogP contribution in [0.25, 0.3) is 0 Å². The van der Waals surface area contributed by atoms with Crippen LogP contribution in [0.15, 0.2) is 39.9 Å². The Kier molecular flexibility index (Phi) is 3.35. The van der Waals surface area contributed by atoms with Crippen molar-refractivity contribution in [3.8, 4) is 0 Å². The van der Waals surface area contributed by atoms with Crippen LogP contribution >= 0.6 is 0 Å². The number of nitrogen functional groups attached to an aromatic ring is 1. The Morgan fingerprint density at radius 2 is 2.17 bits per heavy atom. The van der Waals surface area contributed by atoms with E-state index in [1.807, 2.05) is 0 Å². The van der Waals surface area contributed by atoms with Crippen LogP contribution in [0, 0.1) is 6.92 Å². The molecule has 1 heterocycles. The molecule has 0 unspecified atom stereocenters. The lowest BCUT2D eigenvalue weighted by Gasteiger charge is -2.09. The molecular weight excluding hydrogens is 254 g/mol. The Labute approximate surface area is 105 Å². The fourth-order valence-electron chi connectivity index (χ4n) is 1.50. The van der Waals surface area contributed by atoms with Crippen molar-refractivity contribution < 1.29 is 12.9 Å². The van der Waals surface area contributed by atoms with E-state index in [1.165, 1.54) is 12.3 Å². The molecule has 1 aromatic carbocycles. The van der Waals surface area contributed by atoms with Gasteiger partial charge >= 0.3 is 0 Å². The Bertz CT molecular complexity index is 636. The van der Waals surface area contributed by atoms with E-state index in [2.05, 4.69) is 9.88 Å². The minimum Gasteiger partial charge on any atom is -0.398 e. The molecule has 0 amide bonds. The van der Waals surface area contributed by atoms with Gasteiger partial charge in [0.15, 0.2) is 5.76 Å². The third-order valence-electron chi connectivity index (χ3n) is 2.54. The molecule has 0 radical (unpaired) electrons. The van der Waals surface area contributed by atoms with Crippen molar-refractivity contribution in [3.63, 3.8) is 0 Å². The van der Waals surface area contributed by atoms with Crippen molar-refractivity contribution in [1.29, 1.82) is 0 Å². The standard InChI is InChI=1S/C11H13N3O3S/c1-8-10(12)3-2-4-11(8)18(15,16)14-7-9-5-6-13-17-9/h2-6,14H,7,12H2,1H3. The zero-order chi connectivity index (χ0) is 13.2. The van der Waals surface area contributed by atoms with Crippen LogP contribution in [0.2, 0.25) is 0 Å². The summed E-state index contributed by atoms with van der Waals surface area (Å²) >= 11 is 0. The maximum absolute atomic E-state index is 12.1. The molecular formula is C11H13N3O3S. The largest absolute Gasteiger partial charge is 0.398 e. The highest BCUT2D eigenvalue weighted by Crippen LogP contribution is 2.20. The first-order chi connectivity index (χ1) is 8.50. The third kappa shape index (κ3) is 2.52. The van der Waals surface area contributed by atoms with E-state index >= 15 is 0 Å². The number of nitrogens with two attached hydrogens (primary N) is 1. The van der Waals surface area contributed by atoms with Crippen LogP contribution in [0.5, 0.6) is 0 Å². The molecule has 2 aromatic rings. The number of nitrogens with zero attached hydrogens (tertiary/aromatic N) is 1. The van der Waals surface area contributed by atoms with E-state index in [0.717, 1.165) is 0 Å². The summed E-state index contributed by atoms with van der Waals surface area (Å²) in [6.07, 6.45) is 1.45. The van der Waals surface area contributed by atoms with Crippen LogP contribution in [-0.4, -0.2) is 13.6 Å². The summed E-state index contributed by atoms with van der Waals surface area (Å²) in [7, 11) is -3.61. The molecule has 2 rings (SSSR count). The van der Waals surface area contributed by atoms with Gasteiger partial charge in [-0.3, -0.25) is 0 Å². The number of rotatable bonds is 4. The number of hydrogen-bond donors (Lipinski definition) is 2. The average molecular weight is 267 g/mol. The lowest BCUT2D eigenvalue weighted by atomic mass is 10.2. The number of anilines is 1. The smallest absolute Gasteiger partial charge is 0.241 e. The maximum Gasteiger partial charge on any atom is 0.241 e. The predicted octanol–water partition coefficient (Wildman–Crippen LogP) is 1.04. The van der Waals surface area contributed by atoms with E-state index in [4.69, 9.17) is 10.3 Å². The Morgan fingerprint density at radius 1 is 1.39 bits per heavy atom. The summed E-state index contributed by atoms with van der Waals surface area (Å²) in [5.74, 6) is 0.445. The van der Waals surface area contributed by atoms with Gasteiger partial charge < -0.3 is 10.3 Å². The topological polar surface area (TPSA) is 98.2 Å². The van der Waals surface area contributed by atoms with Gasteiger partial charge in [-0.2, -0.15) is 0 Å². The van der Waals surface area contributed by atoms with Gasteiger partial charge in [0.25, 0.3) is 0 Å². The van der Waals surface area contributed by atoms with Crippen LogP contribution in [0.1, 0.15) is 11.3 Å². The van der Waals surface area contributed by atoms with Gasteiger partial charge in [0, 0.05) is 11.8 Å². The van der Waals surface area contributed by atoms with Gasteiger partial charge in [-0.15, -0.1) is 0 Å². The minimum atomic E-state index is -3.61. The van der Waals surface area contributed by atoms with Crippen molar-refractivity contribution in [3.05, 3.63) is 41.8 Å². The predicted molar refractivity (Wildman–Crippen MR) is 66.1 cm³/mol. The Hall–Kier alpha value is -1.86. The monoisotopic (exact) mass is 267 g/mol. The van der Waals surface area contributed by atoms with Crippen molar-refractivity contribution in [2.45, 2.75) is 18.4 Å². The molecule has 96 valence electrons. The van der Waals surface area contributed by atoms with Gasteiger partial charge in [-0.25, -0.2) is 13.1 Å². The highest BCUT2D eigenvalue weighted by atomic mass is 32.2. The molecule has 1 aromatic heterocycles. The first-order valence-electron chi connectivity index (χ1n) is 5.25. The van der Waals surface area contributed by atoms with Crippen molar-refractivity contribution in [2.75, 3.05) is 5.73 Å². The first-order valence-corrected chi connectivity index (χ1v) is 6.73. The van der Waals surface area contributed by atoms with Crippen molar-refractivity contribution in [1.82, 2.24) is 9.88 Å². The normalized spacial score (nSPS) is 11.6. The molecule has 0 bridgehead atoms. The van der Waals surface area contributed by atoms with Crippen LogP contribution in [-0.2, 0) is 16.6 Å². The van der Waals surface area contributed by atoms with Crippen molar-refractivity contribution in [2.24, 2.45) is 0 Å². The number of benzene rings is 1. The van der Waals surface area contributed by atoms with Crippen LogP contribution < -0.4 is 10.5 Å². The zero-order valence-corrected chi connectivity index (χ0v) is 10.6. The second kappa shape index (κ2) is 4.79. The lowest BCUT2D eigenvalue weighted by molar-refractivity contribution is 0.380. The molecule has 6 nitrogen and oxygen atoms in total. The van der Waals surface area contributed by atoms with Gasteiger partial charge in [-0.05, 0) is 24.6 Å². The Balaban J connectivity index is 2.23. The number of sulfonamides is 1. The fourth-order valence-corrected chi connectivity index (χ4v) is 2.77. The van der Waals surface area contributed by atoms with Gasteiger partial charge in [0.1, 0.15) is 0 Å². The quantitative estimate of drug-likeness (QED) is 0.807. The van der Waals surface area contributed by atoms with Crippen molar-refractivity contribution >= 4 is 15.7 Å². The Morgan fingerprint density at radius 3 is 2.83 bits per heavy atom. The number of nitrogens with one attached hydrogen (secondary N) is 1. The summed E-state index contributed by atoms with van der Waals surface area (Å²) in [6.45, 7) is 1.72. The summed E-state index contributed by atoms with van der Waals surface area (Å²) in [5.41, 5.74) is 6.66. The number of aromatic nitrogens is 1. The summed E-state index contributed by atoms with van der Waals surface area (Å²) in [5, 5.41) is 3.50. The minimum absolute atomic E-state index is 0.0522. The molecule has 0 aliphatic heterocycles. The zero-order valence-electron chi connectivity index (χ0n) is 9.75. The van der Waals surface area contributed by atoms with E-state index in [-0.39, 0.29) is 11.4 Å². The highest BCUT2D eigenvalue weighted by Gasteiger charge is 2.17. The van der Waals surface area contributed by atoms with Gasteiger partial charge in [-0.1, -0.05) is 11.2 Å². The summed E-state index contributed by atoms with van der Waals surface area (Å²) in [4.78, 5) is 0.169. The van der Waals surface area contributed by atoms with E-state index in [9.17, 15) is 8.42 Å². The summed E-state index contributed by atoms with van der Waals surface area (Å²) in [6, 6.07) is 6.36. The molecule has 0 atom stereocenters. The molecule has 18 heavy (non-hydrogen) atoms. The maximum atomic E-state index is 12.1. The molecule has 0 aliphatic rings. The molecule has 0 aliphatic carbocycles. The molecule has 7 heteroatoms. The molecule has 0 saturated carbocycles. The second-order valence-corrected chi connectivity index (χ2v) is 5.51. The SMILES string of the molecule is Cc1c(N)cccc1S(=O)(=O)NCc1ccno1. The lowest BCUT2D eigenvalue weighted by Crippen LogP contribution is -2.24. The van der Waals surface area contributed by atoms with Crippen LogP contribution in [0.4, 0.5) is 5.69 Å².